The van der Waals surface area contributed by atoms with Crippen LogP contribution in [0.3, 0.4) is 0 Å². The summed E-state index contributed by atoms with van der Waals surface area (Å²) in [5.74, 6) is -0.805. The third-order valence-electron chi connectivity index (χ3n) is 8.33. The Morgan fingerprint density at radius 1 is 0.780 bits per heavy atom. The van der Waals surface area contributed by atoms with E-state index in [-0.39, 0.29) is 30.3 Å². The Balaban J connectivity index is 1.15. The van der Waals surface area contributed by atoms with Gasteiger partial charge in [-0.25, -0.2) is 0 Å². The van der Waals surface area contributed by atoms with E-state index in [4.69, 9.17) is 32.7 Å². The molecule has 41 heavy (non-hydrogen) atoms. The Bertz CT molecular complexity index is 1640. The average molecular weight is 583 g/mol. The van der Waals surface area contributed by atoms with Crippen LogP contribution in [-0.4, -0.2) is 30.1 Å². The molecule has 2 atom stereocenters. The summed E-state index contributed by atoms with van der Waals surface area (Å²) in [5, 5.41) is 6.53. The van der Waals surface area contributed by atoms with Crippen LogP contribution in [0.15, 0.2) is 90.0 Å². The highest BCUT2D eigenvalue weighted by atomic mass is 35.5. The summed E-state index contributed by atoms with van der Waals surface area (Å²) in [5.41, 5.74) is 5.96. The molecular formula is C33H24Cl2N2O4. The van der Waals surface area contributed by atoms with Gasteiger partial charge in [-0.1, -0.05) is 77.8 Å². The van der Waals surface area contributed by atoms with Gasteiger partial charge in [-0.2, -0.15) is 10.1 Å². The molecule has 0 aromatic heterocycles. The van der Waals surface area contributed by atoms with Crippen LogP contribution >= 0.6 is 23.2 Å². The predicted octanol–water partition coefficient (Wildman–Crippen LogP) is 6.81. The van der Waals surface area contributed by atoms with Crippen molar-refractivity contribution in [3.05, 3.63) is 128 Å². The SMILES string of the molecule is COc1cc(/C=N\N2C(=O)[C@H]3C4c5ccccc5C(c5ccccc54)[C@@H]3C2=O)ccc1OCc1ccc(Cl)cc1Cl. The second kappa shape index (κ2) is 10.1. The normalized spacial score (nSPS) is 22.1. The summed E-state index contributed by atoms with van der Waals surface area (Å²) < 4.78 is 11.5. The Morgan fingerprint density at radius 3 is 1.90 bits per heavy atom. The standard InChI is InChI=1S/C33H24Cl2N2O4/c1-40-27-14-18(10-13-26(27)41-17-19-11-12-20(34)15-25(19)35)16-36-37-32(38)30-28-21-6-2-3-7-22(21)29(31(30)33(37)39)24-9-5-4-8-23(24)28/h2-16,28-31H,17H2,1H3/b36-16-/t28?,29?,30-,31-/m0/s1. The highest BCUT2D eigenvalue weighted by molar-refractivity contribution is 6.35. The number of methoxy groups -OCH3 is 1. The number of benzene rings is 4. The molecule has 1 fully saturated rings. The van der Waals surface area contributed by atoms with Crippen molar-refractivity contribution in [2.75, 3.05) is 7.11 Å². The molecular weight excluding hydrogens is 559 g/mol. The summed E-state index contributed by atoms with van der Waals surface area (Å²) in [6.45, 7) is 0.229. The van der Waals surface area contributed by atoms with E-state index in [1.54, 1.807) is 37.4 Å². The van der Waals surface area contributed by atoms with Crippen LogP contribution in [0.2, 0.25) is 10.0 Å². The van der Waals surface area contributed by atoms with Gasteiger partial charge < -0.3 is 9.47 Å². The zero-order valence-electron chi connectivity index (χ0n) is 22.0. The number of carbonyl (C=O) groups excluding carboxylic acids is 2. The van der Waals surface area contributed by atoms with Crippen molar-refractivity contribution in [2.24, 2.45) is 16.9 Å². The minimum Gasteiger partial charge on any atom is -0.493 e. The van der Waals surface area contributed by atoms with Gasteiger partial charge in [-0.3, -0.25) is 9.59 Å². The molecule has 0 saturated carbocycles. The molecule has 4 aromatic rings. The molecule has 1 aliphatic heterocycles. The molecule has 204 valence electrons. The van der Waals surface area contributed by atoms with Crippen LogP contribution < -0.4 is 9.47 Å². The minimum absolute atomic E-state index is 0.167. The highest BCUT2D eigenvalue weighted by Crippen LogP contribution is 2.61. The van der Waals surface area contributed by atoms with Crippen molar-refractivity contribution in [2.45, 2.75) is 18.4 Å². The van der Waals surface area contributed by atoms with Crippen LogP contribution in [0.4, 0.5) is 0 Å². The molecule has 4 aromatic carbocycles. The Hall–Kier alpha value is -4.13. The van der Waals surface area contributed by atoms with Crippen LogP contribution in [0.25, 0.3) is 0 Å². The molecule has 8 rings (SSSR count). The number of carbonyl (C=O) groups is 2. The lowest BCUT2D eigenvalue weighted by Gasteiger charge is -2.45. The van der Waals surface area contributed by atoms with Crippen molar-refractivity contribution < 1.29 is 19.1 Å². The second-order valence-corrected chi connectivity index (χ2v) is 11.3. The molecule has 4 aliphatic rings. The van der Waals surface area contributed by atoms with Crippen LogP contribution in [0, 0.1) is 11.8 Å². The second-order valence-electron chi connectivity index (χ2n) is 10.4. The van der Waals surface area contributed by atoms with E-state index in [2.05, 4.69) is 29.4 Å². The van der Waals surface area contributed by atoms with Crippen molar-refractivity contribution in [1.29, 1.82) is 0 Å². The van der Waals surface area contributed by atoms with E-state index in [1.807, 2.05) is 30.3 Å². The molecule has 0 radical (unpaired) electrons. The number of imide groups is 1. The van der Waals surface area contributed by atoms with Crippen molar-refractivity contribution >= 4 is 41.2 Å². The molecule has 1 heterocycles. The Morgan fingerprint density at radius 2 is 1.37 bits per heavy atom. The molecule has 0 spiro atoms. The van der Waals surface area contributed by atoms with Crippen molar-refractivity contribution in [3.8, 4) is 11.5 Å². The van der Waals surface area contributed by atoms with E-state index in [0.717, 1.165) is 32.8 Å². The van der Waals surface area contributed by atoms with E-state index in [0.29, 0.717) is 27.1 Å². The monoisotopic (exact) mass is 582 g/mol. The third-order valence-corrected chi connectivity index (χ3v) is 8.92. The highest BCUT2D eigenvalue weighted by Gasteiger charge is 2.61. The minimum atomic E-state index is -0.473. The fraction of sp³-hybridized carbons (Fsp3) is 0.182. The molecule has 0 N–H and O–H groups in total. The van der Waals surface area contributed by atoms with Gasteiger partial charge in [0, 0.05) is 27.4 Å². The van der Waals surface area contributed by atoms with Crippen LogP contribution in [0.1, 0.15) is 45.2 Å². The smallest absolute Gasteiger partial charge is 0.254 e. The number of hydrazone groups is 1. The maximum atomic E-state index is 13.8. The number of halogens is 2. The van der Waals surface area contributed by atoms with E-state index >= 15 is 0 Å². The lowest BCUT2D eigenvalue weighted by molar-refractivity contribution is -0.139. The first-order chi connectivity index (χ1) is 20.0. The summed E-state index contributed by atoms with van der Waals surface area (Å²) in [6, 6.07) is 26.8. The molecule has 3 aliphatic carbocycles. The number of nitrogens with zero attached hydrogens (tertiary/aromatic N) is 2. The molecule has 2 bridgehead atoms. The first kappa shape index (κ1) is 25.8. The van der Waals surface area contributed by atoms with Gasteiger partial charge in [0.15, 0.2) is 11.5 Å². The topological polar surface area (TPSA) is 68.2 Å². The molecule has 6 nitrogen and oxygen atoms in total. The lowest BCUT2D eigenvalue weighted by Crippen LogP contribution is -2.41. The van der Waals surface area contributed by atoms with Gasteiger partial charge in [0.2, 0.25) is 0 Å². The fourth-order valence-corrected chi connectivity index (χ4v) is 7.04. The molecule has 2 amide bonds. The average Bonchev–Trinajstić information content (AvgIpc) is 3.25. The summed E-state index contributed by atoms with van der Waals surface area (Å²) in [6.07, 6.45) is 1.51. The van der Waals surface area contributed by atoms with E-state index < -0.39 is 11.8 Å². The number of hydrogen-bond acceptors (Lipinski definition) is 5. The third kappa shape index (κ3) is 4.13. The first-order valence-electron chi connectivity index (χ1n) is 13.3. The van der Waals surface area contributed by atoms with Crippen LogP contribution in [-0.2, 0) is 16.2 Å². The molecule has 0 unspecified atom stereocenters. The van der Waals surface area contributed by atoms with Crippen LogP contribution in [0.5, 0.6) is 11.5 Å². The van der Waals surface area contributed by atoms with Crippen molar-refractivity contribution in [1.82, 2.24) is 5.01 Å². The number of amides is 2. The summed E-state index contributed by atoms with van der Waals surface area (Å²) in [4.78, 5) is 27.5. The molecule has 1 saturated heterocycles. The van der Waals surface area contributed by atoms with Gasteiger partial charge in [-0.15, -0.1) is 0 Å². The number of hydrogen-bond donors (Lipinski definition) is 0. The maximum absolute atomic E-state index is 13.8. The zero-order valence-corrected chi connectivity index (χ0v) is 23.5. The summed E-state index contributed by atoms with van der Waals surface area (Å²) >= 11 is 12.3. The van der Waals surface area contributed by atoms with Gasteiger partial charge in [-0.05, 0) is 58.1 Å². The lowest BCUT2D eigenvalue weighted by atomic mass is 9.55. The summed E-state index contributed by atoms with van der Waals surface area (Å²) in [7, 11) is 1.54. The number of ether oxygens (including phenoxy) is 2. The maximum Gasteiger partial charge on any atom is 0.254 e. The van der Waals surface area contributed by atoms with E-state index in [9.17, 15) is 9.59 Å². The van der Waals surface area contributed by atoms with E-state index in [1.165, 1.54) is 6.21 Å². The van der Waals surface area contributed by atoms with Gasteiger partial charge in [0.05, 0.1) is 25.2 Å². The Labute approximate surface area is 247 Å². The van der Waals surface area contributed by atoms with Crippen molar-refractivity contribution in [3.63, 3.8) is 0 Å². The largest absolute Gasteiger partial charge is 0.493 e. The van der Waals surface area contributed by atoms with Gasteiger partial charge >= 0.3 is 0 Å². The fourth-order valence-electron chi connectivity index (χ4n) is 6.58. The number of rotatable bonds is 6. The zero-order chi connectivity index (χ0) is 28.2. The quantitative estimate of drug-likeness (QED) is 0.185. The van der Waals surface area contributed by atoms with Gasteiger partial charge in [0.1, 0.15) is 6.61 Å². The Kier molecular flexibility index (Phi) is 6.33. The molecule has 8 heteroatoms. The first-order valence-corrected chi connectivity index (χ1v) is 14.1. The predicted molar refractivity (Wildman–Crippen MR) is 157 cm³/mol. The van der Waals surface area contributed by atoms with Gasteiger partial charge in [0.25, 0.3) is 11.8 Å².